The summed E-state index contributed by atoms with van der Waals surface area (Å²) in [6.45, 7) is 1.25. The van der Waals surface area contributed by atoms with Crippen molar-refractivity contribution >= 4 is 40.6 Å². The summed E-state index contributed by atoms with van der Waals surface area (Å²) in [4.78, 5) is 27.8. The van der Waals surface area contributed by atoms with Crippen LogP contribution >= 0.6 is 11.6 Å². The fraction of sp³-hybridized carbons (Fsp3) is 0.222. The van der Waals surface area contributed by atoms with Crippen LogP contribution in [0.3, 0.4) is 0 Å². The van der Waals surface area contributed by atoms with Gasteiger partial charge in [-0.05, 0) is 42.5 Å². The summed E-state index contributed by atoms with van der Waals surface area (Å²) in [7, 11) is 3.80. The zero-order chi connectivity index (χ0) is 18.0. The van der Waals surface area contributed by atoms with Gasteiger partial charge in [0, 0.05) is 43.5 Å². The number of anilines is 3. The van der Waals surface area contributed by atoms with Gasteiger partial charge in [-0.3, -0.25) is 9.69 Å². The number of urea groups is 1. The van der Waals surface area contributed by atoms with E-state index in [1.54, 1.807) is 41.3 Å². The van der Waals surface area contributed by atoms with Crippen molar-refractivity contribution in [3.05, 3.63) is 53.1 Å². The number of carbonyl (C=O) groups excluding carboxylic acids is 2. The molecule has 0 saturated carbocycles. The maximum atomic E-state index is 12.5. The molecule has 2 N–H and O–H groups in total. The summed E-state index contributed by atoms with van der Waals surface area (Å²) < 4.78 is 0. The van der Waals surface area contributed by atoms with Gasteiger partial charge in [0.1, 0.15) is 0 Å². The molecule has 7 heteroatoms. The van der Waals surface area contributed by atoms with Crippen molar-refractivity contribution in [1.82, 2.24) is 5.32 Å². The van der Waals surface area contributed by atoms with Gasteiger partial charge in [0.2, 0.25) is 0 Å². The molecule has 2 aromatic rings. The van der Waals surface area contributed by atoms with Gasteiger partial charge >= 0.3 is 6.03 Å². The van der Waals surface area contributed by atoms with Crippen molar-refractivity contribution in [2.45, 2.75) is 0 Å². The lowest BCUT2D eigenvalue weighted by Gasteiger charge is -2.18. The third-order valence-electron chi connectivity index (χ3n) is 3.99. The predicted octanol–water partition coefficient (Wildman–Crippen LogP) is 3.19. The molecule has 0 atom stereocenters. The SMILES string of the molecule is CN(C)c1ccc(Cl)cc1NC(=O)c1ccc(N2CCNC2=O)cc1. The summed E-state index contributed by atoms with van der Waals surface area (Å²) >= 11 is 6.04. The van der Waals surface area contributed by atoms with Gasteiger partial charge in [0.25, 0.3) is 5.91 Å². The van der Waals surface area contributed by atoms with Crippen LogP contribution in [0, 0.1) is 0 Å². The highest BCUT2D eigenvalue weighted by atomic mass is 35.5. The Balaban J connectivity index is 1.78. The summed E-state index contributed by atoms with van der Waals surface area (Å²) in [5, 5.41) is 6.19. The van der Waals surface area contributed by atoms with Crippen LogP contribution in [0.5, 0.6) is 0 Å². The standard InChI is InChI=1S/C18H19ClN4O2/c1-22(2)16-8-5-13(19)11-15(16)21-17(24)12-3-6-14(7-4-12)23-10-9-20-18(23)25/h3-8,11H,9-10H2,1-2H3,(H,20,25)(H,21,24). The van der Waals surface area contributed by atoms with Crippen LogP contribution in [0.25, 0.3) is 0 Å². The van der Waals surface area contributed by atoms with Crippen LogP contribution in [0.1, 0.15) is 10.4 Å². The average Bonchev–Trinajstić information content (AvgIpc) is 3.01. The number of nitrogens with one attached hydrogen (secondary N) is 2. The molecule has 130 valence electrons. The van der Waals surface area contributed by atoms with E-state index in [2.05, 4.69) is 10.6 Å². The minimum Gasteiger partial charge on any atom is -0.376 e. The van der Waals surface area contributed by atoms with Crippen molar-refractivity contribution < 1.29 is 9.59 Å². The first-order chi connectivity index (χ1) is 12.0. The summed E-state index contributed by atoms with van der Waals surface area (Å²) in [6, 6.07) is 12.2. The first-order valence-corrected chi connectivity index (χ1v) is 8.27. The molecule has 0 aliphatic carbocycles. The molecule has 1 aliphatic rings. The maximum Gasteiger partial charge on any atom is 0.321 e. The first kappa shape index (κ1) is 17.1. The molecule has 3 rings (SSSR count). The third kappa shape index (κ3) is 3.69. The second kappa shape index (κ2) is 7.03. The molecule has 0 aromatic heterocycles. The molecule has 1 aliphatic heterocycles. The van der Waals surface area contributed by atoms with E-state index >= 15 is 0 Å². The summed E-state index contributed by atoms with van der Waals surface area (Å²) in [6.07, 6.45) is 0. The van der Waals surface area contributed by atoms with Gasteiger partial charge in [-0.25, -0.2) is 4.79 Å². The Morgan fingerprint density at radius 3 is 2.52 bits per heavy atom. The maximum absolute atomic E-state index is 12.5. The molecule has 1 heterocycles. The Bertz CT molecular complexity index is 805. The van der Waals surface area contributed by atoms with E-state index in [-0.39, 0.29) is 11.9 Å². The minimum absolute atomic E-state index is 0.119. The van der Waals surface area contributed by atoms with Gasteiger partial charge in [-0.1, -0.05) is 11.6 Å². The Hall–Kier alpha value is -2.73. The molecule has 0 radical (unpaired) electrons. The van der Waals surface area contributed by atoms with E-state index in [0.717, 1.165) is 11.4 Å². The van der Waals surface area contributed by atoms with Crippen LogP contribution in [-0.4, -0.2) is 39.1 Å². The number of carbonyl (C=O) groups is 2. The van der Waals surface area contributed by atoms with Gasteiger partial charge in [-0.15, -0.1) is 0 Å². The second-order valence-electron chi connectivity index (χ2n) is 5.94. The topological polar surface area (TPSA) is 64.7 Å². The predicted molar refractivity (Wildman–Crippen MR) is 101 cm³/mol. The highest BCUT2D eigenvalue weighted by Gasteiger charge is 2.21. The quantitative estimate of drug-likeness (QED) is 0.882. The highest BCUT2D eigenvalue weighted by molar-refractivity contribution is 6.31. The number of benzene rings is 2. The average molecular weight is 359 g/mol. The fourth-order valence-corrected chi connectivity index (χ4v) is 2.88. The van der Waals surface area contributed by atoms with E-state index in [4.69, 9.17) is 11.6 Å². The lowest BCUT2D eigenvalue weighted by molar-refractivity contribution is 0.102. The van der Waals surface area contributed by atoms with Crippen molar-refractivity contribution in [2.24, 2.45) is 0 Å². The zero-order valence-electron chi connectivity index (χ0n) is 14.0. The van der Waals surface area contributed by atoms with Crippen molar-refractivity contribution in [3.8, 4) is 0 Å². The molecular weight excluding hydrogens is 340 g/mol. The van der Waals surface area contributed by atoms with Crippen LogP contribution in [0.2, 0.25) is 5.02 Å². The van der Waals surface area contributed by atoms with E-state index in [9.17, 15) is 9.59 Å². The molecular formula is C18H19ClN4O2. The van der Waals surface area contributed by atoms with Crippen molar-refractivity contribution in [3.63, 3.8) is 0 Å². The molecule has 6 nitrogen and oxygen atoms in total. The number of hydrogen-bond acceptors (Lipinski definition) is 3. The van der Waals surface area contributed by atoms with Gasteiger partial charge < -0.3 is 15.5 Å². The molecule has 25 heavy (non-hydrogen) atoms. The second-order valence-corrected chi connectivity index (χ2v) is 6.38. The van der Waals surface area contributed by atoms with Crippen LogP contribution in [0.15, 0.2) is 42.5 Å². The van der Waals surface area contributed by atoms with Crippen LogP contribution in [-0.2, 0) is 0 Å². The fourth-order valence-electron chi connectivity index (χ4n) is 2.70. The number of hydrogen-bond donors (Lipinski definition) is 2. The smallest absolute Gasteiger partial charge is 0.321 e. The van der Waals surface area contributed by atoms with Gasteiger partial charge in [0.05, 0.1) is 11.4 Å². The molecule has 3 amide bonds. The van der Waals surface area contributed by atoms with E-state index in [0.29, 0.717) is 29.4 Å². The Labute approximate surface area is 151 Å². The Morgan fingerprint density at radius 1 is 1.20 bits per heavy atom. The molecule has 1 fully saturated rings. The van der Waals surface area contributed by atoms with Crippen molar-refractivity contribution in [1.29, 1.82) is 0 Å². The molecule has 0 bridgehead atoms. The number of nitrogens with zero attached hydrogens (tertiary/aromatic N) is 2. The Kier molecular flexibility index (Phi) is 4.81. The highest BCUT2D eigenvalue weighted by Crippen LogP contribution is 2.28. The monoisotopic (exact) mass is 358 g/mol. The van der Waals surface area contributed by atoms with Crippen molar-refractivity contribution in [2.75, 3.05) is 42.3 Å². The molecule has 1 saturated heterocycles. The molecule has 0 unspecified atom stereocenters. The lowest BCUT2D eigenvalue weighted by Crippen LogP contribution is -2.27. The van der Waals surface area contributed by atoms with Gasteiger partial charge in [-0.2, -0.15) is 0 Å². The number of rotatable bonds is 4. The van der Waals surface area contributed by atoms with Crippen LogP contribution < -0.4 is 20.4 Å². The Morgan fingerprint density at radius 2 is 1.92 bits per heavy atom. The van der Waals surface area contributed by atoms with Crippen LogP contribution in [0.4, 0.5) is 21.9 Å². The van der Waals surface area contributed by atoms with E-state index in [1.165, 1.54) is 0 Å². The zero-order valence-corrected chi connectivity index (χ0v) is 14.8. The largest absolute Gasteiger partial charge is 0.376 e. The van der Waals surface area contributed by atoms with E-state index in [1.807, 2.05) is 25.1 Å². The summed E-state index contributed by atoms with van der Waals surface area (Å²) in [5.41, 5.74) is 2.78. The third-order valence-corrected chi connectivity index (χ3v) is 4.22. The summed E-state index contributed by atoms with van der Waals surface area (Å²) in [5.74, 6) is -0.234. The van der Waals surface area contributed by atoms with Gasteiger partial charge in [0.15, 0.2) is 0 Å². The van der Waals surface area contributed by atoms with E-state index < -0.39 is 0 Å². The molecule has 2 aromatic carbocycles. The number of halogens is 1. The lowest BCUT2D eigenvalue weighted by atomic mass is 10.1. The molecule has 0 spiro atoms. The normalized spacial score (nSPS) is 13.6. The number of amides is 3. The minimum atomic E-state index is -0.234. The first-order valence-electron chi connectivity index (χ1n) is 7.89.